The van der Waals surface area contributed by atoms with Crippen LogP contribution in [0.3, 0.4) is 0 Å². The molecule has 0 amide bonds. The van der Waals surface area contributed by atoms with Crippen LogP contribution < -0.4 is 4.90 Å². The molecule has 0 bridgehead atoms. The number of carboxylic acid groups (broad SMARTS) is 1. The van der Waals surface area contributed by atoms with E-state index in [-0.39, 0.29) is 31.5 Å². The van der Waals surface area contributed by atoms with Crippen LogP contribution in [0.2, 0.25) is 0 Å². The summed E-state index contributed by atoms with van der Waals surface area (Å²) in [6.07, 6.45) is 0.890. The third kappa shape index (κ3) is 2.57. The zero-order valence-electron chi connectivity index (χ0n) is 9.99. The summed E-state index contributed by atoms with van der Waals surface area (Å²) in [5, 5.41) is 8.83. The third-order valence-corrected chi connectivity index (χ3v) is 3.09. The first-order valence-corrected chi connectivity index (χ1v) is 5.72. The second-order valence-corrected chi connectivity index (χ2v) is 4.51. The number of aromatic nitrogens is 1. The number of hydrogen-bond donors (Lipinski definition) is 1. The lowest BCUT2D eigenvalue weighted by Gasteiger charge is -2.33. The van der Waals surface area contributed by atoms with E-state index in [1.54, 1.807) is 11.8 Å². The molecule has 6 heteroatoms. The molecule has 1 aliphatic heterocycles. The first kappa shape index (κ1) is 12.7. The first-order valence-electron chi connectivity index (χ1n) is 5.72. The summed E-state index contributed by atoms with van der Waals surface area (Å²) in [6, 6.07) is 1.51. The van der Waals surface area contributed by atoms with Crippen LogP contribution in [-0.4, -0.2) is 35.1 Å². The van der Waals surface area contributed by atoms with Gasteiger partial charge in [-0.15, -0.1) is 0 Å². The predicted octanol–water partition coefficient (Wildman–Crippen LogP) is 2.32. The molecule has 1 aliphatic rings. The smallest absolute Gasteiger partial charge is 0.337 e. The lowest BCUT2D eigenvalue weighted by Crippen LogP contribution is -2.40. The van der Waals surface area contributed by atoms with Crippen molar-refractivity contribution in [2.75, 3.05) is 18.0 Å². The Morgan fingerprint density at radius 1 is 1.44 bits per heavy atom. The summed E-state index contributed by atoms with van der Waals surface area (Å²) in [4.78, 5) is 16.6. The minimum atomic E-state index is -2.59. The highest BCUT2D eigenvalue weighted by molar-refractivity contribution is 5.87. The second kappa shape index (κ2) is 4.51. The summed E-state index contributed by atoms with van der Waals surface area (Å²) < 4.78 is 26.1. The van der Waals surface area contributed by atoms with Crippen LogP contribution in [0.25, 0.3) is 0 Å². The molecule has 1 N–H and O–H groups in total. The molecule has 2 heterocycles. The fourth-order valence-electron chi connectivity index (χ4n) is 2.06. The molecular formula is C12H14F2N2O2. The van der Waals surface area contributed by atoms with Crippen LogP contribution in [0.15, 0.2) is 12.3 Å². The average molecular weight is 256 g/mol. The minimum absolute atomic E-state index is 0.110. The molecule has 1 aromatic rings. The molecule has 1 fully saturated rings. The number of hydrogen-bond acceptors (Lipinski definition) is 3. The van der Waals surface area contributed by atoms with Crippen molar-refractivity contribution < 1.29 is 18.7 Å². The SMILES string of the molecule is Cc1cc(C(=O)O)cnc1N1CCC(F)(F)CC1. The second-order valence-electron chi connectivity index (χ2n) is 4.51. The number of piperidine rings is 1. The standard InChI is InChI=1S/C12H14F2N2O2/c1-8-6-9(11(17)18)7-15-10(8)16-4-2-12(13,14)3-5-16/h6-7H,2-5H2,1H3,(H,17,18). The largest absolute Gasteiger partial charge is 0.478 e. The van der Waals surface area contributed by atoms with E-state index in [0.717, 1.165) is 0 Å². The topological polar surface area (TPSA) is 53.4 Å². The zero-order valence-corrected chi connectivity index (χ0v) is 9.99. The molecule has 98 valence electrons. The van der Waals surface area contributed by atoms with Gasteiger partial charge in [-0.3, -0.25) is 0 Å². The molecule has 1 saturated heterocycles. The molecule has 0 saturated carbocycles. The maximum absolute atomic E-state index is 13.0. The molecule has 1 aromatic heterocycles. The molecule has 0 spiro atoms. The van der Waals surface area contributed by atoms with Gasteiger partial charge in [0, 0.05) is 32.1 Å². The number of carbonyl (C=O) groups is 1. The van der Waals surface area contributed by atoms with E-state index >= 15 is 0 Å². The maximum Gasteiger partial charge on any atom is 0.337 e. The summed E-state index contributed by atoms with van der Waals surface area (Å²) in [7, 11) is 0. The number of rotatable bonds is 2. The van der Waals surface area contributed by atoms with Gasteiger partial charge in [-0.05, 0) is 18.6 Å². The third-order valence-electron chi connectivity index (χ3n) is 3.09. The number of halogens is 2. The van der Waals surface area contributed by atoms with Gasteiger partial charge in [0.15, 0.2) is 0 Å². The van der Waals surface area contributed by atoms with Crippen LogP contribution in [0.5, 0.6) is 0 Å². The number of aryl methyl sites for hydroxylation is 1. The monoisotopic (exact) mass is 256 g/mol. The Bertz CT molecular complexity index is 467. The van der Waals surface area contributed by atoms with Gasteiger partial charge < -0.3 is 10.0 Å². The van der Waals surface area contributed by atoms with Crippen molar-refractivity contribution in [2.45, 2.75) is 25.7 Å². The van der Waals surface area contributed by atoms with Gasteiger partial charge in [-0.2, -0.15) is 0 Å². The van der Waals surface area contributed by atoms with Crippen molar-refractivity contribution in [2.24, 2.45) is 0 Å². The molecular weight excluding hydrogens is 242 g/mol. The molecule has 2 rings (SSSR count). The number of carboxylic acids is 1. The van der Waals surface area contributed by atoms with Gasteiger partial charge in [-0.25, -0.2) is 18.6 Å². The normalized spacial score (nSPS) is 18.7. The van der Waals surface area contributed by atoms with Gasteiger partial charge in [0.25, 0.3) is 5.92 Å². The van der Waals surface area contributed by atoms with E-state index in [1.807, 2.05) is 0 Å². The number of alkyl halides is 2. The molecule has 0 atom stereocenters. The van der Waals surface area contributed by atoms with Gasteiger partial charge in [0.2, 0.25) is 0 Å². The van der Waals surface area contributed by atoms with Crippen LogP contribution in [-0.2, 0) is 0 Å². The molecule has 4 nitrogen and oxygen atoms in total. The number of nitrogens with zero attached hydrogens (tertiary/aromatic N) is 2. The van der Waals surface area contributed by atoms with Crippen LogP contribution in [0, 0.1) is 6.92 Å². The van der Waals surface area contributed by atoms with E-state index in [2.05, 4.69) is 4.98 Å². The molecule has 0 radical (unpaired) electrons. The summed E-state index contributed by atoms with van der Waals surface area (Å²) in [6.45, 7) is 2.22. The highest BCUT2D eigenvalue weighted by atomic mass is 19.3. The first-order chi connectivity index (χ1) is 8.39. The fourth-order valence-corrected chi connectivity index (χ4v) is 2.06. The Hall–Kier alpha value is -1.72. The van der Waals surface area contributed by atoms with Crippen molar-refractivity contribution in [3.8, 4) is 0 Å². The Labute approximate surface area is 103 Å². The van der Waals surface area contributed by atoms with Gasteiger partial charge in [0.1, 0.15) is 5.82 Å². The minimum Gasteiger partial charge on any atom is -0.478 e. The van der Waals surface area contributed by atoms with Crippen molar-refractivity contribution >= 4 is 11.8 Å². The van der Waals surface area contributed by atoms with Crippen molar-refractivity contribution in [3.63, 3.8) is 0 Å². The van der Waals surface area contributed by atoms with Gasteiger partial charge in [0.05, 0.1) is 5.56 Å². The highest BCUT2D eigenvalue weighted by Gasteiger charge is 2.34. The Kier molecular flexibility index (Phi) is 3.19. The average Bonchev–Trinajstić information content (AvgIpc) is 2.29. The highest BCUT2D eigenvalue weighted by Crippen LogP contribution is 2.30. The lowest BCUT2D eigenvalue weighted by molar-refractivity contribution is -0.0221. The van der Waals surface area contributed by atoms with Crippen molar-refractivity contribution in [3.05, 3.63) is 23.4 Å². The zero-order chi connectivity index (χ0) is 13.3. The number of anilines is 1. The van der Waals surface area contributed by atoms with Crippen molar-refractivity contribution in [1.82, 2.24) is 4.98 Å². The summed E-state index contributed by atoms with van der Waals surface area (Å²) in [5.74, 6) is -3.04. The van der Waals surface area contributed by atoms with Crippen LogP contribution >= 0.6 is 0 Å². The summed E-state index contributed by atoms with van der Waals surface area (Å²) >= 11 is 0. The van der Waals surface area contributed by atoms with E-state index in [1.165, 1.54) is 12.3 Å². The summed E-state index contributed by atoms with van der Waals surface area (Å²) in [5.41, 5.74) is 0.804. The van der Waals surface area contributed by atoms with Crippen molar-refractivity contribution in [1.29, 1.82) is 0 Å². The Morgan fingerprint density at radius 3 is 2.56 bits per heavy atom. The van der Waals surface area contributed by atoms with E-state index in [4.69, 9.17) is 5.11 Å². The lowest BCUT2D eigenvalue weighted by atomic mass is 10.1. The van der Waals surface area contributed by atoms with Gasteiger partial charge >= 0.3 is 5.97 Å². The fraction of sp³-hybridized carbons (Fsp3) is 0.500. The van der Waals surface area contributed by atoms with Crippen LogP contribution in [0.1, 0.15) is 28.8 Å². The Morgan fingerprint density at radius 2 is 2.06 bits per heavy atom. The molecule has 0 unspecified atom stereocenters. The Balaban J connectivity index is 2.17. The predicted molar refractivity (Wildman–Crippen MR) is 62.3 cm³/mol. The quantitative estimate of drug-likeness (QED) is 0.882. The van der Waals surface area contributed by atoms with Crippen LogP contribution in [0.4, 0.5) is 14.6 Å². The van der Waals surface area contributed by atoms with E-state index < -0.39 is 11.9 Å². The van der Waals surface area contributed by atoms with Gasteiger partial charge in [-0.1, -0.05) is 0 Å². The molecule has 18 heavy (non-hydrogen) atoms. The molecule has 0 aromatic carbocycles. The molecule has 0 aliphatic carbocycles. The number of pyridine rings is 1. The number of aromatic carboxylic acids is 1. The van der Waals surface area contributed by atoms with E-state index in [0.29, 0.717) is 11.4 Å². The maximum atomic E-state index is 13.0. The van der Waals surface area contributed by atoms with E-state index in [9.17, 15) is 13.6 Å².